The molecule has 74 valence electrons. The van der Waals surface area contributed by atoms with Crippen LogP contribution in [0.3, 0.4) is 0 Å². The molecule has 14 heavy (non-hydrogen) atoms. The summed E-state index contributed by atoms with van der Waals surface area (Å²) in [4.78, 5) is 2.44. The fourth-order valence-electron chi connectivity index (χ4n) is 2.75. The normalized spacial score (nSPS) is 30.6. The predicted octanol–water partition coefficient (Wildman–Crippen LogP) is 1.90. The van der Waals surface area contributed by atoms with Gasteiger partial charge in [-0.25, -0.2) is 0 Å². The van der Waals surface area contributed by atoms with E-state index in [1.807, 2.05) is 0 Å². The maximum Gasteiger partial charge on any atom is 0.0379 e. The highest BCUT2D eigenvalue weighted by molar-refractivity contribution is 5.59. The Kier molecular flexibility index (Phi) is 1.77. The average molecular weight is 188 g/mol. The van der Waals surface area contributed by atoms with Crippen LogP contribution in [0.5, 0.6) is 0 Å². The standard InChI is InChI=1S/C12H16N2/c1-14-7-6-12-10(8-14)9-4-2-3-5-11(9)13-12/h2-5,10,12-13H,6-8H2,1H3/t10-,12-/m1/s1. The monoisotopic (exact) mass is 188 g/mol. The molecule has 3 rings (SSSR count). The maximum absolute atomic E-state index is 3.63. The lowest BCUT2D eigenvalue weighted by Gasteiger charge is -2.32. The largest absolute Gasteiger partial charge is 0.381 e. The van der Waals surface area contributed by atoms with E-state index in [0.29, 0.717) is 12.0 Å². The fourth-order valence-corrected chi connectivity index (χ4v) is 2.75. The molecule has 2 atom stereocenters. The van der Waals surface area contributed by atoms with E-state index in [0.717, 1.165) is 0 Å². The van der Waals surface area contributed by atoms with Gasteiger partial charge in [-0.3, -0.25) is 0 Å². The number of nitrogens with zero attached hydrogens (tertiary/aromatic N) is 1. The van der Waals surface area contributed by atoms with Crippen LogP contribution in [0.15, 0.2) is 24.3 Å². The third-order valence-corrected chi connectivity index (χ3v) is 3.52. The van der Waals surface area contributed by atoms with Crippen molar-refractivity contribution in [3.05, 3.63) is 29.8 Å². The number of rotatable bonds is 0. The van der Waals surface area contributed by atoms with Crippen LogP contribution in [0, 0.1) is 0 Å². The molecule has 2 aliphatic heterocycles. The molecule has 2 heteroatoms. The quantitative estimate of drug-likeness (QED) is 0.669. The number of benzene rings is 1. The molecule has 0 aromatic heterocycles. The minimum atomic E-state index is 0.684. The van der Waals surface area contributed by atoms with Gasteiger partial charge in [0.1, 0.15) is 0 Å². The molecular weight excluding hydrogens is 172 g/mol. The Hall–Kier alpha value is -1.02. The van der Waals surface area contributed by atoms with Gasteiger partial charge in [0.15, 0.2) is 0 Å². The lowest BCUT2D eigenvalue weighted by Crippen LogP contribution is -2.39. The molecule has 1 aromatic rings. The number of hydrogen-bond donors (Lipinski definition) is 1. The summed E-state index contributed by atoms with van der Waals surface area (Å²) in [5.41, 5.74) is 2.88. The van der Waals surface area contributed by atoms with Gasteiger partial charge < -0.3 is 10.2 Å². The van der Waals surface area contributed by atoms with Gasteiger partial charge >= 0.3 is 0 Å². The number of para-hydroxylation sites is 1. The highest BCUT2D eigenvalue weighted by atomic mass is 15.1. The molecule has 2 aliphatic rings. The van der Waals surface area contributed by atoms with Crippen molar-refractivity contribution >= 4 is 5.69 Å². The van der Waals surface area contributed by atoms with Gasteiger partial charge in [0.25, 0.3) is 0 Å². The van der Waals surface area contributed by atoms with E-state index in [1.165, 1.54) is 30.8 Å². The van der Waals surface area contributed by atoms with Crippen molar-refractivity contribution < 1.29 is 0 Å². The summed E-state index contributed by atoms with van der Waals surface area (Å²) in [6.07, 6.45) is 1.27. The number of anilines is 1. The van der Waals surface area contributed by atoms with Gasteiger partial charge in [-0.05, 0) is 31.6 Å². The summed E-state index contributed by atoms with van der Waals surface area (Å²) >= 11 is 0. The summed E-state index contributed by atoms with van der Waals surface area (Å²) in [6, 6.07) is 9.42. The molecule has 1 N–H and O–H groups in total. The summed E-state index contributed by atoms with van der Waals surface area (Å²) in [5.74, 6) is 0.713. The van der Waals surface area contributed by atoms with Gasteiger partial charge in [-0.1, -0.05) is 18.2 Å². The lowest BCUT2D eigenvalue weighted by molar-refractivity contribution is 0.243. The highest BCUT2D eigenvalue weighted by Gasteiger charge is 2.35. The SMILES string of the molecule is CN1CC[C@H]2Nc3ccccc3[C@H]2C1. The van der Waals surface area contributed by atoms with Crippen LogP contribution >= 0.6 is 0 Å². The van der Waals surface area contributed by atoms with Crippen LogP contribution in [0.4, 0.5) is 5.69 Å². The van der Waals surface area contributed by atoms with Crippen molar-refractivity contribution in [1.82, 2.24) is 4.90 Å². The van der Waals surface area contributed by atoms with Crippen molar-refractivity contribution in [2.45, 2.75) is 18.4 Å². The second-order valence-electron chi connectivity index (χ2n) is 4.50. The first kappa shape index (κ1) is 8.30. The van der Waals surface area contributed by atoms with Gasteiger partial charge in [0.2, 0.25) is 0 Å². The maximum atomic E-state index is 3.63. The molecule has 2 heterocycles. The molecular formula is C12H16N2. The van der Waals surface area contributed by atoms with E-state index < -0.39 is 0 Å². The second kappa shape index (κ2) is 2.99. The number of fused-ring (bicyclic) bond motifs is 3. The Labute approximate surface area is 84.9 Å². The van der Waals surface area contributed by atoms with E-state index in [2.05, 4.69) is 41.5 Å². The molecule has 0 bridgehead atoms. The molecule has 0 unspecified atom stereocenters. The number of likely N-dealkylation sites (N-methyl/N-ethyl adjacent to an activating group) is 1. The Bertz CT molecular complexity index is 348. The molecule has 0 aliphatic carbocycles. The van der Waals surface area contributed by atoms with Crippen LogP contribution in [-0.4, -0.2) is 31.1 Å². The topological polar surface area (TPSA) is 15.3 Å². The van der Waals surface area contributed by atoms with Crippen LogP contribution < -0.4 is 5.32 Å². The van der Waals surface area contributed by atoms with Crippen molar-refractivity contribution in [2.24, 2.45) is 0 Å². The van der Waals surface area contributed by atoms with Crippen LogP contribution in [-0.2, 0) is 0 Å². The minimum absolute atomic E-state index is 0.684. The predicted molar refractivity (Wildman–Crippen MR) is 58.7 cm³/mol. The first-order chi connectivity index (χ1) is 6.84. The highest BCUT2D eigenvalue weighted by Crippen LogP contribution is 2.39. The minimum Gasteiger partial charge on any atom is -0.381 e. The van der Waals surface area contributed by atoms with Gasteiger partial charge in [-0.2, -0.15) is 0 Å². The molecule has 1 fully saturated rings. The molecule has 0 spiro atoms. The zero-order chi connectivity index (χ0) is 9.54. The van der Waals surface area contributed by atoms with Gasteiger partial charge in [0, 0.05) is 24.2 Å². The Balaban J connectivity index is 1.97. The Morgan fingerprint density at radius 3 is 3.14 bits per heavy atom. The van der Waals surface area contributed by atoms with Crippen molar-refractivity contribution in [1.29, 1.82) is 0 Å². The van der Waals surface area contributed by atoms with Crippen LogP contribution in [0.25, 0.3) is 0 Å². The molecule has 0 saturated carbocycles. The van der Waals surface area contributed by atoms with Gasteiger partial charge in [-0.15, -0.1) is 0 Å². The van der Waals surface area contributed by atoms with E-state index in [4.69, 9.17) is 0 Å². The lowest BCUT2D eigenvalue weighted by atomic mass is 9.90. The Morgan fingerprint density at radius 2 is 2.21 bits per heavy atom. The second-order valence-corrected chi connectivity index (χ2v) is 4.50. The van der Waals surface area contributed by atoms with Crippen molar-refractivity contribution in [2.75, 3.05) is 25.5 Å². The van der Waals surface area contributed by atoms with E-state index in [1.54, 1.807) is 0 Å². The summed E-state index contributed by atoms with van der Waals surface area (Å²) in [5, 5.41) is 3.63. The molecule has 2 nitrogen and oxygen atoms in total. The summed E-state index contributed by atoms with van der Waals surface area (Å²) in [6.45, 7) is 2.43. The van der Waals surface area contributed by atoms with Crippen molar-refractivity contribution in [3.63, 3.8) is 0 Å². The molecule has 1 saturated heterocycles. The first-order valence-electron chi connectivity index (χ1n) is 5.38. The van der Waals surface area contributed by atoms with Crippen LogP contribution in [0.2, 0.25) is 0 Å². The molecule has 0 amide bonds. The first-order valence-corrected chi connectivity index (χ1v) is 5.38. The van der Waals surface area contributed by atoms with Gasteiger partial charge in [0.05, 0.1) is 0 Å². The number of hydrogen-bond acceptors (Lipinski definition) is 2. The smallest absolute Gasteiger partial charge is 0.0379 e. The summed E-state index contributed by atoms with van der Waals surface area (Å²) < 4.78 is 0. The van der Waals surface area contributed by atoms with E-state index in [9.17, 15) is 0 Å². The summed E-state index contributed by atoms with van der Waals surface area (Å²) in [7, 11) is 2.22. The average Bonchev–Trinajstić information content (AvgIpc) is 2.56. The zero-order valence-corrected chi connectivity index (χ0v) is 8.53. The van der Waals surface area contributed by atoms with Crippen molar-refractivity contribution in [3.8, 4) is 0 Å². The third-order valence-electron chi connectivity index (χ3n) is 3.52. The molecule has 0 radical (unpaired) electrons. The number of nitrogens with one attached hydrogen (secondary N) is 1. The zero-order valence-electron chi connectivity index (χ0n) is 8.53. The fraction of sp³-hybridized carbons (Fsp3) is 0.500. The third kappa shape index (κ3) is 1.14. The van der Waals surface area contributed by atoms with Crippen LogP contribution in [0.1, 0.15) is 17.9 Å². The van der Waals surface area contributed by atoms with E-state index >= 15 is 0 Å². The number of likely N-dealkylation sites (tertiary alicyclic amines) is 1. The Morgan fingerprint density at radius 1 is 1.36 bits per heavy atom. The molecule has 1 aromatic carbocycles. The number of piperidine rings is 1. The van der Waals surface area contributed by atoms with E-state index in [-0.39, 0.29) is 0 Å².